The van der Waals surface area contributed by atoms with E-state index in [9.17, 15) is 34.8 Å². The molecule has 0 saturated heterocycles. The van der Waals surface area contributed by atoms with Gasteiger partial charge in [-0.2, -0.15) is 30.6 Å². The Hall–Kier alpha value is -3.06. The summed E-state index contributed by atoms with van der Waals surface area (Å²) < 4.78 is 109. The van der Waals surface area contributed by atoms with E-state index in [1.807, 2.05) is 4.90 Å². The van der Waals surface area contributed by atoms with Crippen molar-refractivity contribution in [2.24, 2.45) is 5.92 Å². The van der Waals surface area contributed by atoms with E-state index in [4.69, 9.17) is 0 Å². The lowest BCUT2D eigenvalue weighted by molar-refractivity contribution is -0.141. The number of aromatic amines is 1. The van der Waals surface area contributed by atoms with Crippen LogP contribution in [0.4, 0.5) is 32.0 Å². The third-order valence-electron chi connectivity index (χ3n) is 8.02. The molecule has 0 spiro atoms. The van der Waals surface area contributed by atoms with E-state index in [1.54, 1.807) is 24.3 Å². The van der Waals surface area contributed by atoms with Crippen LogP contribution >= 0.6 is 0 Å². The molecule has 1 fully saturated rings. The van der Waals surface area contributed by atoms with E-state index >= 15 is 0 Å². The number of hydrogen-bond acceptors (Lipinski definition) is 4. The molecule has 0 amide bonds. The summed E-state index contributed by atoms with van der Waals surface area (Å²) in [5, 5.41) is 0. The molecule has 2 aromatic carbocycles. The molecule has 5 rings (SSSR count). The zero-order chi connectivity index (χ0) is 29.4. The molecule has 0 radical (unpaired) electrons. The maximum atomic E-state index is 13.8. The Morgan fingerprint density at radius 2 is 1.59 bits per heavy atom. The van der Waals surface area contributed by atoms with Crippen molar-refractivity contribution in [1.82, 2.24) is 14.3 Å². The molecule has 1 aliphatic heterocycles. The maximum absolute atomic E-state index is 13.8. The van der Waals surface area contributed by atoms with Crippen LogP contribution in [0.2, 0.25) is 0 Å². The number of nitrogens with zero attached hydrogens (tertiary/aromatic N) is 3. The van der Waals surface area contributed by atoms with Gasteiger partial charge >= 0.3 is 12.4 Å². The van der Waals surface area contributed by atoms with Crippen molar-refractivity contribution < 1.29 is 34.8 Å². The standard InChI is InChI=1S/C28H30F6N4O2S/c29-27(30,31)21-10-13-23(14-11-21)41(39,40)37-15-20-7-3-4-8-25(20)38(17-24-26(28(32,33)34)36-18-35-24)22(16-37)12-9-19-5-1-2-6-19/h3-4,7-8,10-11,13-14,18-19,22H,1-2,5-6,9,12,15-17H2,(H,35,36)/t22-/m1/s1. The first-order valence-electron chi connectivity index (χ1n) is 13.5. The van der Waals surface area contributed by atoms with E-state index in [1.165, 1.54) is 4.31 Å². The third kappa shape index (κ3) is 6.40. The molecule has 1 saturated carbocycles. The first kappa shape index (κ1) is 29.4. The maximum Gasteiger partial charge on any atom is 0.435 e. The minimum Gasteiger partial charge on any atom is -0.361 e. The van der Waals surface area contributed by atoms with Crippen molar-refractivity contribution in [3.8, 4) is 0 Å². The number of halogens is 6. The van der Waals surface area contributed by atoms with Crippen LogP contribution in [0.25, 0.3) is 0 Å². The number of hydrogen-bond donors (Lipinski definition) is 1. The summed E-state index contributed by atoms with van der Waals surface area (Å²) in [4.78, 5) is 7.64. The second-order valence-corrected chi connectivity index (χ2v) is 12.6. The Balaban J connectivity index is 1.52. The molecule has 2 heterocycles. The average Bonchev–Trinajstić information content (AvgIpc) is 3.58. The molecule has 2 aliphatic rings. The number of alkyl halides is 6. The highest BCUT2D eigenvalue weighted by atomic mass is 32.2. The largest absolute Gasteiger partial charge is 0.435 e. The molecular weight excluding hydrogens is 570 g/mol. The average molecular weight is 601 g/mol. The number of anilines is 1. The lowest BCUT2D eigenvalue weighted by atomic mass is 9.97. The monoisotopic (exact) mass is 600 g/mol. The van der Waals surface area contributed by atoms with Gasteiger partial charge in [0.2, 0.25) is 10.0 Å². The SMILES string of the molecule is O=S(=O)(c1ccc(C(F)(F)F)cc1)N1Cc2ccccc2N(Cc2[nH]cnc2C(F)(F)F)[C@H](CCC2CCCC2)C1. The van der Waals surface area contributed by atoms with Gasteiger partial charge in [0, 0.05) is 24.8 Å². The first-order chi connectivity index (χ1) is 19.3. The van der Waals surface area contributed by atoms with Gasteiger partial charge in [-0.05, 0) is 54.7 Å². The topological polar surface area (TPSA) is 69.3 Å². The summed E-state index contributed by atoms with van der Waals surface area (Å²) in [5.41, 5.74) is -0.922. The second kappa shape index (κ2) is 11.3. The fourth-order valence-corrected chi connectivity index (χ4v) is 7.36. The van der Waals surface area contributed by atoms with Gasteiger partial charge in [0.25, 0.3) is 0 Å². The molecule has 0 bridgehead atoms. The smallest absolute Gasteiger partial charge is 0.361 e. The third-order valence-corrected chi connectivity index (χ3v) is 9.85. The predicted molar refractivity (Wildman–Crippen MR) is 140 cm³/mol. The lowest BCUT2D eigenvalue weighted by Crippen LogP contribution is -2.43. The molecule has 0 unspecified atom stereocenters. The van der Waals surface area contributed by atoms with Crippen LogP contribution in [0.15, 0.2) is 59.8 Å². The van der Waals surface area contributed by atoms with Gasteiger partial charge in [0.1, 0.15) is 0 Å². The fraction of sp³-hybridized carbons (Fsp3) is 0.464. The Morgan fingerprint density at radius 1 is 0.902 bits per heavy atom. The predicted octanol–water partition coefficient (Wildman–Crippen LogP) is 7.00. The van der Waals surface area contributed by atoms with Crippen LogP contribution in [0, 0.1) is 5.92 Å². The number of benzene rings is 2. The second-order valence-electron chi connectivity index (χ2n) is 10.7. The zero-order valence-electron chi connectivity index (χ0n) is 22.0. The van der Waals surface area contributed by atoms with Gasteiger partial charge in [-0.1, -0.05) is 43.9 Å². The number of para-hydroxylation sites is 1. The van der Waals surface area contributed by atoms with Gasteiger partial charge in [-0.3, -0.25) is 0 Å². The van der Waals surface area contributed by atoms with Crippen LogP contribution in [-0.4, -0.2) is 35.3 Å². The van der Waals surface area contributed by atoms with Gasteiger partial charge in [-0.25, -0.2) is 13.4 Å². The minimum atomic E-state index is -4.67. The molecule has 1 aromatic heterocycles. The molecule has 13 heteroatoms. The van der Waals surface area contributed by atoms with E-state index < -0.39 is 39.7 Å². The molecular formula is C28H30F6N4O2S. The summed E-state index contributed by atoms with van der Waals surface area (Å²) >= 11 is 0. The highest BCUT2D eigenvalue weighted by Crippen LogP contribution is 2.38. The number of sulfonamides is 1. The quantitative estimate of drug-likeness (QED) is 0.297. The van der Waals surface area contributed by atoms with Gasteiger partial charge in [-0.15, -0.1) is 0 Å². The van der Waals surface area contributed by atoms with E-state index in [-0.39, 0.29) is 30.2 Å². The van der Waals surface area contributed by atoms with Crippen molar-refractivity contribution in [2.75, 3.05) is 11.4 Å². The fourth-order valence-electron chi connectivity index (χ4n) is 5.90. The summed E-state index contributed by atoms with van der Waals surface area (Å²) in [6.07, 6.45) is -2.64. The number of H-pyrrole nitrogens is 1. The van der Waals surface area contributed by atoms with Crippen molar-refractivity contribution in [3.05, 3.63) is 77.4 Å². The minimum absolute atomic E-state index is 0.0414. The van der Waals surface area contributed by atoms with Crippen LogP contribution in [-0.2, 0) is 35.5 Å². The first-order valence-corrected chi connectivity index (χ1v) is 14.9. The van der Waals surface area contributed by atoms with Crippen molar-refractivity contribution in [3.63, 3.8) is 0 Å². The van der Waals surface area contributed by atoms with Crippen molar-refractivity contribution >= 4 is 15.7 Å². The Bertz CT molecular complexity index is 1450. The molecule has 1 aliphatic carbocycles. The summed E-state index contributed by atoms with van der Waals surface area (Å²) in [6, 6.07) is 9.81. The molecule has 3 aromatic rings. The van der Waals surface area contributed by atoms with E-state index in [0.717, 1.165) is 62.7 Å². The Kier molecular flexibility index (Phi) is 8.12. The molecule has 222 valence electrons. The van der Waals surface area contributed by atoms with Gasteiger partial charge in [0.15, 0.2) is 5.69 Å². The van der Waals surface area contributed by atoms with Crippen LogP contribution in [0.3, 0.4) is 0 Å². The normalized spacial score (nSPS) is 19.4. The molecule has 1 N–H and O–H groups in total. The lowest BCUT2D eigenvalue weighted by Gasteiger charge is -2.35. The van der Waals surface area contributed by atoms with Crippen LogP contribution in [0.5, 0.6) is 0 Å². The van der Waals surface area contributed by atoms with Crippen molar-refractivity contribution in [2.45, 2.75) is 74.9 Å². The number of fused-ring (bicyclic) bond motifs is 1. The Morgan fingerprint density at radius 3 is 2.24 bits per heavy atom. The highest BCUT2D eigenvalue weighted by molar-refractivity contribution is 7.89. The Labute approximate surface area is 234 Å². The van der Waals surface area contributed by atoms with Gasteiger partial charge in [0.05, 0.1) is 29.0 Å². The highest BCUT2D eigenvalue weighted by Gasteiger charge is 2.40. The number of aromatic nitrogens is 2. The number of rotatable bonds is 7. The zero-order valence-corrected chi connectivity index (χ0v) is 22.9. The van der Waals surface area contributed by atoms with E-state index in [2.05, 4.69) is 9.97 Å². The molecule has 6 nitrogen and oxygen atoms in total. The molecule has 41 heavy (non-hydrogen) atoms. The number of nitrogens with one attached hydrogen (secondary N) is 1. The summed E-state index contributed by atoms with van der Waals surface area (Å²) in [7, 11) is -4.24. The number of imidazole rings is 1. The van der Waals surface area contributed by atoms with Crippen LogP contribution in [0.1, 0.15) is 61.0 Å². The summed E-state index contributed by atoms with van der Waals surface area (Å²) in [5.74, 6) is 0.452. The van der Waals surface area contributed by atoms with Crippen molar-refractivity contribution in [1.29, 1.82) is 0 Å². The molecule has 1 atom stereocenters. The van der Waals surface area contributed by atoms with Crippen LogP contribution < -0.4 is 4.90 Å². The summed E-state index contributed by atoms with van der Waals surface area (Å²) in [6.45, 7) is -0.291. The van der Waals surface area contributed by atoms with E-state index in [0.29, 0.717) is 23.6 Å². The van der Waals surface area contributed by atoms with Gasteiger partial charge < -0.3 is 9.88 Å².